The lowest BCUT2D eigenvalue weighted by molar-refractivity contribution is -0.0739. The number of hydrogen-bond acceptors (Lipinski definition) is 6. The summed E-state index contributed by atoms with van der Waals surface area (Å²) < 4.78 is 7.00. The number of aryl methyl sites for hydroxylation is 1. The molecule has 5 rings (SSSR count). The number of benzene rings is 1. The second-order valence-electron chi connectivity index (χ2n) is 7.78. The van der Waals surface area contributed by atoms with Crippen LogP contribution >= 0.6 is 11.9 Å². The van der Waals surface area contributed by atoms with Crippen molar-refractivity contribution in [1.29, 1.82) is 0 Å². The summed E-state index contributed by atoms with van der Waals surface area (Å²) >= 11 is 1.49. The van der Waals surface area contributed by atoms with Gasteiger partial charge >= 0.3 is 0 Å². The maximum absolute atomic E-state index is 10.8. The van der Waals surface area contributed by atoms with E-state index in [2.05, 4.69) is 26.8 Å². The van der Waals surface area contributed by atoms with Crippen LogP contribution in [-0.4, -0.2) is 29.7 Å². The van der Waals surface area contributed by atoms with Crippen LogP contribution in [0, 0.1) is 5.92 Å². The minimum atomic E-state index is -0.731. The smallest absolute Gasteiger partial charge is 0.153 e. The molecule has 0 atom stereocenters. The van der Waals surface area contributed by atoms with E-state index in [9.17, 15) is 5.11 Å². The number of pyridine rings is 1. The topological polar surface area (TPSA) is 80.8 Å². The minimum Gasteiger partial charge on any atom is -0.385 e. The molecule has 1 saturated carbocycles. The molecule has 3 aromatic heterocycles. The summed E-state index contributed by atoms with van der Waals surface area (Å²) in [6.45, 7) is 2.16. The van der Waals surface area contributed by atoms with Gasteiger partial charge in [0.1, 0.15) is 0 Å². The number of hydrogen-bond donors (Lipinski definition) is 2. The van der Waals surface area contributed by atoms with Crippen LogP contribution in [-0.2, 0) is 12.6 Å². The van der Waals surface area contributed by atoms with Crippen LogP contribution in [0.5, 0.6) is 0 Å². The number of nitrogens with zero attached hydrogens (tertiary/aromatic N) is 5. The number of aromatic nitrogens is 5. The summed E-state index contributed by atoms with van der Waals surface area (Å²) in [4.78, 5) is 5.39. The molecule has 0 unspecified atom stereocenters. The zero-order valence-corrected chi connectivity index (χ0v) is 17.1. The quantitative estimate of drug-likeness (QED) is 0.490. The highest BCUT2D eigenvalue weighted by Crippen LogP contribution is 2.45. The van der Waals surface area contributed by atoms with Crippen LogP contribution in [0.2, 0.25) is 0 Å². The molecule has 3 heterocycles. The number of fused-ring (bicyclic) bond motifs is 1. The van der Waals surface area contributed by atoms with Gasteiger partial charge in [0.25, 0.3) is 0 Å². The molecule has 1 fully saturated rings. The highest BCUT2D eigenvalue weighted by atomic mass is 32.2. The van der Waals surface area contributed by atoms with Crippen LogP contribution in [0.1, 0.15) is 25.3 Å². The van der Waals surface area contributed by atoms with Gasteiger partial charge in [0.2, 0.25) is 0 Å². The Kier molecular flexibility index (Phi) is 4.33. The Labute approximate surface area is 172 Å². The van der Waals surface area contributed by atoms with Crippen molar-refractivity contribution < 1.29 is 5.11 Å². The third kappa shape index (κ3) is 3.28. The first-order valence-electron chi connectivity index (χ1n) is 9.59. The van der Waals surface area contributed by atoms with Crippen LogP contribution in [0.4, 0.5) is 5.69 Å². The Morgan fingerprint density at radius 1 is 1.21 bits per heavy atom. The summed E-state index contributed by atoms with van der Waals surface area (Å²) in [7, 11) is 1.94. The predicted octanol–water partition coefficient (Wildman–Crippen LogP) is 3.89. The fraction of sp³-hybridized carbons (Fsp3) is 0.286. The van der Waals surface area contributed by atoms with Crippen molar-refractivity contribution in [2.24, 2.45) is 13.0 Å². The van der Waals surface area contributed by atoms with Crippen molar-refractivity contribution >= 4 is 28.5 Å². The molecule has 1 aliphatic rings. The summed E-state index contributed by atoms with van der Waals surface area (Å²) in [6.07, 6.45) is 8.91. The first-order chi connectivity index (χ1) is 14.0. The average molecular weight is 407 g/mol. The van der Waals surface area contributed by atoms with E-state index in [-0.39, 0.29) is 0 Å². The molecule has 1 aliphatic carbocycles. The standard InChI is InChI=1S/C21H22N6OS/c1-14-9-21(28,10-14)16-6-7-22-19(8-16)27-13-17(12-24-27)29-25-18-5-3-4-15-11-23-26(2)20(15)18/h3-8,11-14,25,28H,9-10H2,1-2H3. The van der Waals surface area contributed by atoms with Gasteiger partial charge in [0.15, 0.2) is 5.82 Å². The van der Waals surface area contributed by atoms with Crippen LogP contribution in [0.15, 0.2) is 60.0 Å². The Morgan fingerprint density at radius 2 is 2.07 bits per heavy atom. The molecular weight excluding hydrogens is 384 g/mol. The molecule has 8 heteroatoms. The SMILES string of the molecule is CC1CC(O)(c2ccnc(-n3cc(SNc4cccc5cnn(C)c45)cn3)c2)C1. The molecule has 148 valence electrons. The van der Waals surface area contributed by atoms with Gasteiger partial charge in [0, 0.05) is 24.8 Å². The van der Waals surface area contributed by atoms with Crippen molar-refractivity contribution in [1.82, 2.24) is 24.5 Å². The first kappa shape index (κ1) is 18.2. The summed E-state index contributed by atoms with van der Waals surface area (Å²) in [5, 5.41) is 20.6. The van der Waals surface area contributed by atoms with Crippen LogP contribution in [0.25, 0.3) is 16.7 Å². The van der Waals surface area contributed by atoms with Crippen molar-refractivity contribution in [3.05, 3.63) is 60.7 Å². The third-order valence-corrected chi connectivity index (χ3v) is 6.26. The number of para-hydroxylation sites is 1. The van der Waals surface area contributed by atoms with E-state index in [4.69, 9.17) is 0 Å². The fourth-order valence-corrected chi connectivity index (χ4v) is 4.72. The molecule has 2 N–H and O–H groups in total. The summed E-state index contributed by atoms with van der Waals surface area (Å²) in [5.41, 5.74) is 2.24. The van der Waals surface area contributed by atoms with E-state index in [0.29, 0.717) is 11.7 Å². The number of anilines is 1. The number of rotatable bonds is 5. The predicted molar refractivity (Wildman–Crippen MR) is 114 cm³/mol. The highest BCUT2D eigenvalue weighted by Gasteiger charge is 2.41. The number of nitrogens with one attached hydrogen (secondary N) is 1. The minimum absolute atomic E-state index is 0.555. The lowest BCUT2D eigenvalue weighted by Crippen LogP contribution is -2.39. The van der Waals surface area contributed by atoms with E-state index in [0.717, 1.165) is 39.9 Å². The first-order valence-corrected chi connectivity index (χ1v) is 10.4. The molecule has 0 amide bonds. The van der Waals surface area contributed by atoms with E-state index >= 15 is 0 Å². The molecular formula is C21H22N6OS. The maximum atomic E-state index is 10.8. The number of aliphatic hydroxyl groups is 1. The lowest BCUT2D eigenvalue weighted by atomic mass is 9.68. The molecule has 7 nitrogen and oxygen atoms in total. The zero-order chi connectivity index (χ0) is 20.0. The van der Waals surface area contributed by atoms with E-state index in [1.807, 2.05) is 54.5 Å². The monoisotopic (exact) mass is 406 g/mol. The Balaban J connectivity index is 1.34. The summed E-state index contributed by atoms with van der Waals surface area (Å²) in [6, 6.07) is 9.91. The molecule has 0 spiro atoms. The van der Waals surface area contributed by atoms with Crippen molar-refractivity contribution in [3.8, 4) is 5.82 Å². The second kappa shape index (κ2) is 6.89. The Bertz CT molecular complexity index is 1180. The van der Waals surface area contributed by atoms with Crippen LogP contribution in [0.3, 0.4) is 0 Å². The normalized spacial score (nSPS) is 21.3. The van der Waals surface area contributed by atoms with Gasteiger partial charge in [-0.25, -0.2) is 9.67 Å². The maximum Gasteiger partial charge on any atom is 0.153 e. The second-order valence-corrected chi connectivity index (χ2v) is 8.66. The fourth-order valence-electron chi connectivity index (χ4n) is 4.08. The molecule has 4 aromatic rings. The average Bonchev–Trinajstić information content (AvgIpc) is 3.33. The van der Waals surface area contributed by atoms with Crippen molar-refractivity contribution in [2.75, 3.05) is 4.72 Å². The van der Waals surface area contributed by atoms with E-state index < -0.39 is 5.60 Å². The molecule has 0 aliphatic heterocycles. The molecule has 1 aromatic carbocycles. The van der Waals surface area contributed by atoms with Gasteiger partial charge in [-0.15, -0.1) is 0 Å². The van der Waals surface area contributed by atoms with Gasteiger partial charge in [-0.1, -0.05) is 19.1 Å². The van der Waals surface area contributed by atoms with Crippen LogP contribution < -0.4 is 4.72 Å². The highest BCUT2D eigenvalue weighted by molar-refractivity contribution is 8.00. The van der Waals surface area contributed by atoms with Gasteiger partial charge in [-0.2, -0.15) is 10.2 Å². The molecule has 0 saturated heterocycles. The zero-order valence-electron chi connectivity index (χ0n) is 16.3. The molecule has 0 radical (unpaired) electrons. The van der Waals surface area contributed by atoms with Gasteiger partial charge < -0.3 is 9.83 Å². The Hall–Kier alpha value is -2.84. The summed E-state index contributed by atoms with van der Waals surface area (Å²) in [5.74, 6) is 1.26. The Morgan fingerprint density at radius 3 is 2.90 bits per heavy atom. The lowest BCUT2D eigenvalue weighted by Gasteiger charge is -2.42. The molecule has 0 bridgehead atoms. The van der Waals surface area contributed by atoms with E-state index in [1.54, 1.807) is 17.1 Å². The van der Waals surface area contributed by atoms with Crippen molar-refractivity contribution in [2.45, 2.75) is 30.3 Å². The van der Waals surface area contributed by atoms with Gasteiger partial charge in [-0.3, -0.25) is 4.68 Å². The van der Waals surface area contributed by atoms with Crippen molar-refractivity contribution in [3.63, 3.8) is 0 Å². The van der Waals surface area contributed by atoms with Gasteiger partial charge in [-0.05, 0) is 54.5 Å². The third-order valence-electron chi connectivity index (χ3n) is 5.49. The largest absolute Gasteiger partial charge is 0.385 e. The molecule has 29 heavy (non-hydrogen) atoms. The van der Waals surface area contributed by atoms with E-state index in [1.165, 1.54) is 11.9 Å². The van der Waals surface area contributed by atoms with Gasteiger partial charge in [0.05, 0.1) is 34.1 Å².